The lowest BCUT2D eigenvalue weighted by molar-refractivity contribution is -0.149. The van der Waals surface area contributed by atoms with Gasteiger partial charge >= 0.3 is 5.97 Å². The first kappa shape index (κ1) is 17.6. The van der Waals surface area contributed by atoms with E-state index in [1.54, 1.807) is 4.90 Å². The molecule has 3 atom stereocenters. The van der Waals surface area contributed by atoms with Crippen molar-refractivity contribution in [3.63, 3.8) is 0 Å². The minimum absolute atomic E-state index is 0.00339. The number of carbonyl (C=O) groups excluding carboxylic acids is 2. The fourth-order valence-corrected chi connectivity index (χ4v) is 3.86. The number of ether oxygens (including phenoxy) is 1. The van der Waals surface area contributed by atoms with Crippen molar-refractivity contribution in [3.05, 3.63) is 65.2 Å². The van der Waals surface area contributed by atoms with E-state index in [1.165, 1.54) is 12.1 Å². The van der Waals surface area contributed by atoms with Gasteiger partial charge < -0.3 is 9.64 Å². The molecular weight excluding hydrogens is 352 g/mol. The maximum Gasteiger partial charge on any atom is 0.310 e. The lowest BCUT2D eigenvalue weighted by atomic mass is 10.1. The second kappa shape index (κ2) is 6.76. The average Bonchev–Trinajstić information content (AvgIpc) is 3.37. The molecule has 1 saturated carbocycles. The van der Waals surface area contributed by atoms with Gasteiger partial charge in [-0.1, -0.05) is 30.3 Å². The molecule has 0 spiro atoms. The van der Waals surface area contributed by atoms with Gasteiger partial charge in [0.15, 0.2) is 18.2 Å². The molecule has 4 rings (SSSR count). The fourth-order valence-electron chi connectivity index (χ4n) is 3.86. The van der Waals surface area contributed by atoms with E-state index in [1.807, 2.05) is 31.2 Å². The molecule has 0 N–H and O–H groups in total. The van der Waals surface area contributed by atoms with Crippen LogP contribution in [0.4, 0.5) is 14.5 Å². The molecule has 0 bridgehead atoms. The van der Waals surface area contributed by atoms with Crippen molar-refractivity contribution < 1.29 is 23.1 Å². The van der Waals surface area contributed by atoms with E-state index in [0.717, 1.165) is 23.7 Å². The van der Waals surface area contributed by atoms with Crippen LogP contribution in [-0.2, 0) is 20.7 Å². The first-order chi connectivity index (χ1) is 13.0. The molecular formula is C21H19F2NO3. The number of hydrogen-bond acceptors (Lipinski definition) is 3. The number of anilines is 1. The zero-order valence-corrected chi connectivity index (χ0v) is 14.8. The molecule has 1 amide bonds. The third kappa shape index (κ3) is 3.20. The maximum atomic E-state index is 13.8. The molecule has 1 fully saturated rings. The Morgan fingerprint density at radius 2 is 1.93 bits per heavy atom. The highest BCUT2D eigenvalue weighted by Gasteiger charge is 2.47. The summed E-state index contributed by atoms with van der Waals surface area (Å²) in [5.74, 6) is -3.60. The number of rotatable bonds is 4. The molecule has 27 heavy (non-hydrogen) atoms. The largest absolute Gasteiger partial charge is 0.455 e. The van der Waals surface area contributed by atoms with Gasteiger partial charge in [0.25, 0.3) is 5.91 Å². The smallest absolute Gasteiger partial charge is 0.310 e. The van der Waals surface area contributed by atoms with Crippen molar-refractivity contribution in [2.45, 2.75) is 31.7 Å². The lowest BCUT2D eigenvalue weighted by Crippen LogP contribution is -2.38. The molecule has 4 nitrogen and oxygen atoms in total. The molecule has 0 aromatic heterocycles. The molecule has 1 heterocycles. The van der Waals surface area contributed by atoms with Crippen LogP contribution in [0.15, 0.2) is 42.5 Å². The number of fused-ring (bicyclic) bond motifs is 1. The van der Waals surface area contributed by atoms with E-state index >= 15 is 0 Å². The van der Waals surface area contributed by atoms with Crippen LogP contribution in [0.25, 0.3) is 0 Å². The summed E-state index contributed by atoms with van der Waals surface area (Å²) >= 11 is 0. The van der Waals surface area contributed by atoms with Gasteiger partial charge in [0.05, 0.1) is 5.92 Å². The molecule has 0 unspecified atom stereocenters. The van der Waals surface area contributed by atoms with Crippen molar-refractivity contribution >= 4 is 17.6 Å². The van der Waals surface area contributed by atoms with Crippen LogP contribution in [0.5, 0.6) is 0 Å². The molecule has 2 aromatic carbocycles. The van der Waals surface area contributed by atoms with Gasteiger partial charge in [0, 0.05) is 17.6 Å². The Bertz CT molecular complexity index is 914. The summed E-state index contributed by atoms with van der Waals surface area (Å²) in [7, 11) is 0. The topological polar surface area (TPSA) is 46.6 Å². The van der Waals surface area contributed by atoms with Gasteiger partial charge in [-0.15, -0.1) is 0 Å². The Morgan fingerprint density at radius 1 is 1.15 bits per heavy atom. The predicted molar refractivity (Wildman–Crippen MR) is 95.3 cm³/mol. The van der Waals surface area contributed by atoms with Gasteiger partial charge in [-0.25, -0.2) is 8.78 Å². The van der Waals surface area contributed by atoms with Crippen LogP contribution in [0.3, 0.4) is 0 Å². The van der Waals surface area contributed by atoms with Crippen LogP contribution in [0, 0.1) is 17.6 Å². The summed E-state index contributed by atoms with van der Waals surface area (Å²) in [6.07, 6.45) is 1.16. The summed E-state index contributed by atoms with van der Waals surface area (Å²) in [5, 5.41) is 0. The third-order valence-electron chi connectivity index (χ3n) is 5.29. The Balaban J connectivity index is 1.37. The van der Waals surface area contributed by atoms with Gasteiger partial charge in [-0.3, -0.25) is 9.59 Å². The lowest BCUT2D eigenvalue weighted by Gasteiger charge is -2.22. The SMILES string of the molecule is C[C@@H]1Cc2ccccc2N1C(=O)COC(=O)[C@@H]1C[C@H]1c1cccc(F)c1F. The normalized spacial score (nSPS) is 23.1. The maximum absolute atomic E-state index is 13.8. The summed E-state index contributed by atoms with van der Waals surface area (Å²) in [6.45, 7) is 1.59. The molecule has 0 radical (unpaired) electrons. The van der Waals surface area contributed by atoms with E-state index < -0.39 is 29.4 Å². The number of halogens is 2. The van der Waals surface area contributed by atoms with Crippen molar-refractivity contribution in [2.75, 3.05) is 11.5 Å². The van der Waals surface area contributed by atoms with Crippen molar-refractivity contribution in [3.8, 4) is 0 Å². The summed E-state index contributed by atoms with van der Waals surface area (Å²) in [5.41, 5.74) is 2.12. The summed E-state index contributed by atoms with van der Waals surface area (Å²) < 4.78 is 32.4. The zero-order chi connectivity index (χ0) is 19.1. The summed E-state index contributed by atoms with van der Waals surface area (Å²) in [6, 6.07) is 11.6. The van der Waals surface area contributed by atoms with Gasteiger partial charge in [-0.05, 0) is 43.0 Å². The fraction of sp³-hybridized carbons (Fsp3) is 0.333. The quantitative estimate of drug-likeness (QED) is 0.772. The van der Waals surface area contributed by atoms with Crippen molar-refractivity contribution in [1.29, 1.82) is 0 Å². The molecule has 1 aliphatic heterocycles. The van der Waals surface area contributed by atoms with E-state index in [9.17, 15) is 18.4 Å². The monoisotopic (exact) mass is 371 g/mol. The first-order valence-electron chi connectivity index (χ1n) is 8.98. The molecule has 2 aromatic rings. The van der Waals surface area contributed by atoms with E-state index in [-0.39, 0.29) is 24.1 Å². The number of benzene rings is 2. The Kier molecular flexibility index (Phi) is 4.42. The van der Waals surface area contributed by atoms with Crippen LogP contribution >= 0.6 is 0 Å². The van der Waals surface area contributed by atoms with Gasteiger partial charge in [-0.2, -0.15) is 0 Å². The van der Waals surface area contributed by atoms with E-state index in [0.29, 0.717) is 6.42 Å². The van der Waals surface area contributed by atoms with Crippen LogP contribution in [0.1, 0.15) is 30.4 Å². The molecule has 2 aliphatic rings. The molecule has 1 aliphatic carbocycles. The molecule has 0 saturated heterocycles. The number of carbonyl (C=O) groups is 2. The third-order valence-corrected chi connectivity index (χ3v) is 5.29. The molecule has 140 valence electrons. The predicted octanol–water partition coefficient (Wildman–Crippen LogP) is 3.59. The highest BCUT2D eigenvalue weighted by atomic mass is 19.2. The number of esters is 1. The number of amides is 1. The Labute approximate surface area is 155 Å². The highest BCUT2D eigenvalue weighted by molar-refractivity contribution is 5.98. The Hall–Kier alpha value is -2.76. The van der Waals surface area contributed by atoms with Crippen LogP contribution in [0.2, 0.25) is 0 Å². The number of para-hydroxylation sites is 1. The first-order valence-corrected chi connectivity index (χ1v) is 8.98. The Morgan fingerprint density at radius 3 is 2.74 bits per heavy atom. The van der Waals surface area contributed by atoms with Crippen molar-refractivity contribution in [2.24, 2.45) is 5.92 Å². The minimum atomic E-state index is -0.927. The number of nitrogens with zero attached hydrogens (tertiary/aromatic N) is 1. The van der Waals surface area contributed by atoms with E-state index in [2.05, 4.69) is 0 Å². The summed E-state index contributed by atoms with van der Waals surface area (Å²) in [4.78, 5) is 26.4. The van der Waals surface area contributed by atoms with Crippen LogP contribution < -0.4 is 4.90 Å². The minimum Gasteiger partial charge on any atom is -0.455 e. The second-order valence-corrected chi connectivity index (χ2v) is 7.15. The molecule has 6 heteroatoms. The standard InChI is InChI=1S/C21H19F2NO3/c1-12-9-13-5-2-3-8-18(13)24(12)19(25)11-27-21(26)16-10-15(16)14-6-4-7-17(22)20(14)23/h2-8,12,15-16H,9-11H2,1H3/t12-,15+,16-/m1/s1. The highest BCUT2D eigenvalue weighted by Crippen LogP contribution is 2.49. The van der Waals surface area contributed by atoms with Crippen LogP contribution in [-0.4, -0.2) is 24.5 Å². The number of hydrogen-bond donors (Lipinski definition) is 0. The van der Waals surface area contributed by atoms with Crippen molar-refractivity contribution in [1.82, 2.24) is 0 Å². The van der Waals surface area contributed by atoms with Gasteiger partial charge in [0.1, 0.15) is 0 Å². The average molecular weight is 371 g/mol. The van der Waals surface area contributed by atoms with E-state index in [4.69, 9.17) is 4.74 Å². The second-order valence-electron chi connectivity index (χ2n) is 7.15. The zero-order valence-electron chi connectivity index (χ0n) is 14.8. The van der Waals surface area contributed by atoms with Gasteiger partial charge in [0.2, 0.25) is 0 Å².